The Hall–Kier alpha value is -3.34. The summed E-state index contributed by atoms with van der Waals surface area (Å²) < 4.78 is 24.9. The third-order valence-corrected chi connectivity index (χ3v) is 5.00. The summed E-state index contributed by atoms with van der Waals surface area (Å²) in [5, 5.41) is 0.963. The number of aryl methyl sites for hydroxylation is 1. The van der Waals surface area contributed by atoms with Crippen LogP contribution in [0.5, 0.6) is 11.5 Å². The SMILES string of the molecule is COc1ccc2c(OCCN3C=C(c4ccc(F)c(C)c4)C=CC3)ccnc2c1. The highest BCUT2D eigenvalue weighted by Crippen LogP contribution is 2.27. The Bertz CT molecular complexity index is 1090. The summed E-state index contributed by atoms with van der Waals surface area (Å²) in [6.07, 6.45) is 8.04. The topological polar surface area (TPSA) is 34.6 Å². The Balaban J connectivity index is 1.43. The monoisotopic (exact) mass is 390 g/mol. The number of pyridine rings is 1. The van der Waals surface area contributed by atoms with Gasteiger partial charge in [0.25, 0.3) is 0 Å². The summed E-state index contributed by atoms with van der Waals surface area (Å²) in [5.41, 5.74) is 3.58. The van der Waals surface area contributed by atoms with Gasteiger partial charge in [-0.25, -0.2) is 4.39 Å². The second-order valence-electron chi connectivity index (χ2n) is 6.99. The van der Waals surface area contributed by atoms with E-state index >= 15 is 0 Å². The predicted molar refractivity (Wildman–Crippen MR) is 114 cm³/mol. The lowest BCUT2D eigenvalue weighted by Crippen LogP contribution is -2.25. The van der Waals surface area contributed by atoms with E-state index < -0.39 is 0 Å². The number of fused-ring (bicyclic) bond motifs is 1. The minimum Gasteiger partial charge on any atom is -0.497 e. The summed E-state index contributed by atoms with van der Waals surface area (Å²) in [6, 6.07) is 12.9. The molecule has 2 heterocycles. The predicted octanol–water partition coefficient (Wildman–Crippen LogP) is 4.98. The fourth-order valence-corrected chi connectivity index (χ4v) is 3.39. The average molecular weight is 390 g/mol. The zero-order valence-corrected chi connectivity index (χ0v) is 16.6. The van der Waals surface area contributed by atoms with E-state index in [1.54, 1.807) is 20.2 Å². The molecule has 148 valence electrons. The van der Waals surface area contributed by atoms with Gasteiger partial charge in [0.1, 0.15) is 23.9 Å². The second kappa shape index (κ2) is 8.35. The maximum Gasteiger partial charge on any atom is 0.130 e. The van der Waals surface area contributed by atoms with Crippen LogP contribution >= 0.6 is 0 Å². The standard InChI is InChI=1S/C24H23FN2O2/c1-17-14-18(5-8-22(17)25)19-4-3-11-27(16-19)12-13-29-24-9-10-26-23-15-20(28-2)6-7-21(23)24/h3-10,14-16H,11-13H2,1-2H3. The first kappa shape index (κ1) is 19.0. The first-order valence-electron chi connectivity index (χ1n) is 9.58. The molecular formula is C24H23FN2O2. The summed E-state index contributed by atoms with van der Waals surface area (Å²) in [7, 11) is 1.64. The molecule has 0 atom stereocenters. The van der Waals surface area contributed by atoms with Gasteiger partial charge in [0.15, 0.2) is 0 Å². The smallest absolute Gasteiger partial charge is 0.130 e. The molecule has 5 heteroatoms. The van der Waals surface area contributed by atoms with Crippen molar-refractivity contribution in [1.29, 1.82) is 0 Å². The molecule has 0 N–H and O–H groups in total. The van der Waals surface area contributed by atoms with E-state index in [1.165, 1.54) is 6.07 Å². The quantitative estimate of drug-likeness (QED) is 0.594. The number of halogens is 1. The van der Waals surface area contributed by atoms with Gasteiger partial charge in [-0.3, -0.25) is 4.98 Å². The molecule has 1 aromatic heterocycles. The molecule has 0 saturated carbocycles. The average Bonchev–Trinajstić information content (AvgIpc) is 2.75. The fraction of sp³-hybridized carbons (Fsp3) is 0.208. The van der Waals surface area contributed by atoms with E-state index in [0.717, 1.165) is 46.6 Å². The van der Waals surface area contributed by atoms with Crippen LogP contribution in [-0.2, 0) is 0 Å². The van der Waals surface area contributed by atoms with E-state index in [-0.39, 0.29) is 5.82 Å². The molecule has 0 amide bonds. The summed E-state index contributed by atoms with van der Waals surface area (Å²) >= 11 is 0. The van der Waals surface area contributed by atoms with Crippen LogP contribution in [0.2, 0.25) is 0 Å². The van der Waals surface area contributed by atoms with Crippen molar-refractivity contribution in [2.75, 3.05) is 26.8 Å². The van der Waals surface area contributed by atoms with Gasteiger partial charge in [0.05, 0.1) is 19.2 Å². The molecule has 4 rings (SSSR count). The molecule has 0 bridgehead atoms. The molecular weight excluding hydrogens is 367 g/mol. The lowest BCUT2D eigenvalue weighted by atomic mass is 10.0. The zero-order valence-electron chi connectivity index (χ0n) is 16.6. The van der Waals surface area contributed by atoms with Gasteiger partial charge in [0, 0.05) is 30.4 Å². The summed E-state index contributed by atoms with van der Waals surface area (Å²) in [4.78, 5) is 6.58. The van der Waals surface area contributed by atoms with Gasteiger partial charge in [0.2, 0.25) is 0 Å². The van der Waals surface area contributed by atoms with Gasteiger partial charge in [-0.2, -0.15) is 0 Å². The van der Waals surface area contributed by atoms with Crippen molar-refractivity contribution >= 4 is 16.5 Å². The van der Waals surface area contributed by atoms with Gasteiger partial charge in [-0.05, 0) is 54.0 Å². The Kier molecular flexibility index (Phi) is 5.47. The van der Waals surface area contributed by atoms with Crippen LogP contribution in [0.4, 0.5) is 4.39 Å². The van der Waals surface area contributed by atoms with E-state index in [2.05, 4.69) is 28.2 Å². The number of methoxy groups -OCH3 is 1. The number of aromatic nitrogens is 1. The van der Waals surface area contributed by atoms with Gasteiger partial charge in [-0.15, -0.1) is 0 Å². The zero-order chi connectivity index (χ0) is 20.2. The van der Waals surface area contributed by atoms with Crippen LogP contribution in [0.15, 0.2) is 67.0 Å². The van der Waals surface area contributed by atoms with Crippen molar-refractivity contribution in [3.05, 3.63) is 84.0 Å². The number of benzene rings is 2. The molecule has 3 aromatic rings. The van der Waals surface area contributed by atoms with Gasteiger partial charge >= 0.3 is 0 Å². The Labute approximate surface area is 169 Å². The first-order valence-corrected chi connectivity index (χ1v) is 9.58. The summed E-state index contributed by atoms with van der Waals surface area (Å²) in [5.74, 6) is 1.40. The Morgan fingerprint density at radius 2 is 2.03 bits per heavy atom. The Morgan fingerprint density at radius 3 is 2.86 bits per heavy atom. The van der Waals surface area contributed by atoms with Crippen LogP contribution in [0, 0.1) is 12.7 Å². The molecule has 4 nitrogen and oxygen atoms in total. The maximum atomic E-state index is 13.5. The second-order valence-corrected chi connectivity index (χ2v) is 6.99. The molecule has 0 spiro atoms. The maximum absolute atomic E-state index is 13.5. The normalized spacial score (nSPS) is 13.5. The van der Waals surface area contributed by atoms with E-state index in [0.29, 0.717) is 12.2 Å². The third kappa shape index (κ3) is 4.24. The molecule has 1 aliphatic heterocycles. The van der Waals surface area contributed by atoms with Crippen molar-refractivity contribution < 1.29 is 13.9 Å². The molecule has 1 aliphatic rings. The van der Waals surface area contributed by atoms with Gasteiger partial charge in [-0.1, -0.05) is 18.2 Å². The van der Waals surface area contributed by atoms with E-state index in [4.69, 9.17) is 9.47 Å². The molecule has 29 heavy (non-hydrogen) atoms. The van der Waals surface area contributed by atoms with Crippen molar-refractivity contribution in [2.24, 2.45) is 0 Å². The molecule has 0 fully saturated rings. The summed E-state index contributed by atoms with van der Waals surface area (Å²) in [6.45, 7) is 3.90. The van der Waals surface area contributed by atoms with Crippen LogP contribution in [0.3, 0.4) is 0 Å². The highest BCUT2D eigenvalue weighted by atomic mass is 19.1. The number of rotatable bonds is 6. The highest BCUT2D eigenvalue weighted by molar-refractivity contribution is 5.86. The number of nitrogens with zero attached hydrogens (tertiary/aromatic N) is 2. The Morgan fingerprint density at radius 1 is 1.14 bits per heavy atom. The lowest BCUT2D eigenvalue weighted by molar-refractivity contribution is 0.266. The third-order valence-electron chi connectivity index (χ3n) is 5.00. The van der Waals surface area contributed by atoms with Crippen molar-refractivity contribution in [3.8, 4) is 11.5 Å². The fourth-order valence-electron chi connectivity index (χ4n) is 3.39. The number of hydrogen-bond acceptors (Lipinski definition) is 4. The van der Waals surface area contributed by atoms with Crippen LogP contribution in [0.1, 0.15) is 11.1 Å². The number of allylic oxidation sites excluding steroid dienone is 2. The van der Waals surface area contributed by atoms with E-state index in [1.807, 2.05) is 36.4 Å². The number of hydrogen-bond donors (Lipinski definition) is 0. The van der Waals surface area contributed by atoms with Gasteiger partial charge < -0.3 is 14.4 Å². The number of ether oxygens (including phenoxy) is 2. The van der Waals surface area contributed by atoms with Crippen LogP contribution in [0.25, 0.3) is 16.5 Å². The van der Waals surface area contributed by atoms with Crippen LogP contribution < -0.4 is 9.47 Å². The van der Waals surface area contributed by atoms with Crippen LogP contribution in [-0.4, -0.2) is 36.7 Å². The minimum absolute atomic E-state index is 0.179. The van der Waals surface area contributed by atoms with Crippen molar-refractivity contribution in [3.63, 3.8) is 0 Å². The molecule has 0 aliphatic carbocycles. The molecule has 2 aromatic carbocycles. The molecule has 0 unspecified atom stereocenters. The minimum atomic E-state index is -0.179. The highest BCUT2D eigenvalue weighted by Gasteiger charge is 2.10. The molecule has 0 radical (unpaired) electrons. The van der Waals surface area contributed by atoms with Crippen molar-refractivity contribution in [1.82, 2.24) is 9.88 Å². The lowest BCUT2D eigenvalue weighted by Gasteiger charge is -2.23. The molecule has 0 saturated heterocycles. The van der Waals surface area contributed by atoms with E-state index in [9.17, 15) is 4.39 Å². The van der Waals surface area contributed by atoms with Crippen molar-refractivity contribution in [2.45, 2.75) is 6.92 Å². The largest absolute Gasteiger partial charge is 0.497 e. The first-order chi connectivity index (χ1) is 14.1.